The van der Waals surface area contributed by atoms with E-state index in [9.17, 15) is 9.59 Å². The average molecular weight is 196 g/mol. The van der Waals surface area contributed by atoms with E-state index >= 15 is 0 Å². The summed E-state index contributed by atoms with van der Waals surface area (Å²) in [5, 5.41) is 0. The third kappa shape index (κ3) is 2.73. The minimum absolute atomic E-state index is 0.0724. The van der Waals surface area contributed by atoms with Crippen LogP contribution in [0.2, 0.25) is 0 Å². The SMILES string of the molecule is CCCCOC(=O)c1ccc(C=O)o1. The molecule has 0 spiro atoms. The van der Waals surface area contributed by atoms with E-state index in [-0.39, 0.29) is 11.5 Å². The van der Waals surface area contributed by atoms with E-state index in [4.69, 9.17) is 9.15 Å². The first-order chi connectivity index (χ1) is 6.77. The molecule has 1 aromatic rings. The van der Waals surface area contributed by atoms with E-state index in [1.54, 1.807) is 0 Å². The number of rotatable bonds is 5. The molecule has 0 amide bonds. The van der Waals surface area contributed by atoms with Crippen LogP contribution in [0.1, 0.15) is 40.9 Å². The molecule has 1 aromatic heterocycles. The Morgan fingerprint density at radius 2 is 2.36 bits per heavy atom. The van der Waals surface area contributed by atoms with Gasteiger partial charge in [0.15, 0.2) is 12.0 Å². The molecular formula is C10H12O4. The first kappa shape index (κ1) is 10.5. The van der Waals surface area contributed by atoms with Gasteiger partial charge >= 0.3 is 5.97 Å². The monoisotopic (exact) mass is 196 g/mol. The highest BCUT2D eigenvalue weighted by Gasteiger charge is 2.11. The van der Waals surface area contributed by atoms with Gasteiger partial charge in [-0.05, 0) is 18.6 Å². The van der Waals surface area contributed by atoms with E-state index in [0.717, 1.165) is 12.8 Å². The molecule has 0 bridgehead atoms. The zero-order chi connectivity index (χ0) is 10.4. The summed E-state index contributed by atoms with van der Waals surface area (Å²) in [6.07, 6.45) is 2.33. The largest absolute Gasteiger partial charge is 0.460 e. The number of unbranched alkanes of at least 4 members (excludes halogenated alkanes) is 1. The van der Waals surface area contributed by atoms with Gasteiger partial charge in [0.25, 0.3) is 0 Å². The molecule has 14 heavy (non-hydrogen) atoms. The van der Waals surface area contributed by atoms with Crippen molar-refractivity contribution in [1.82, 2.24) is 0 Å². The van der Waals surface area contributed by atoms with Crippen LogP contribution < -0.4 is 0 Å². The van der Waals surface area contributed by atoms with Gasteiger partial charge in [-0.25, -0.2) is 4.79 Å². The molecule has 0 aromatic carbocycles. The van der Waals surface area contributed by atoms with Gasteiger partial charge in [-0.2, -0.15) is 0 Å². The summed E-state index contributed by atoms with van der Waals surface area (Å²) >= 11 is 0. The number of carbonyl (C=O) groups excluding carboxylic acids is 2. The predicted octanol–water partition coefficient (Wildman–Crippen LogP) is 2.05. The van der Waals surface area contributed by atoms with Crippen molar-refractivity contribution in [2.45, 2.75) is 19.8 Å². The van der Waals surface area contributed by atoms with Crippen molar-refractivity contribution in [3.63, 3.8) is 0 Å². The first-order valence-electron chi connectivity index (χ1n) is 4.50. The summed E-state index contributed by atoms with van der Waals surface area (Å²) in [7, 11) is 0. The van der Waals surface area contributed by atoms with Crippen LogP contribution in [0.5, 0.6) is 0 Å². The van der Waals surface area contributed by atoms with E-state index in [2.05, 4.69) is 0 Å². The molecule has 0 unspecified atom stereocenters. The van der Waals surface area contributed by atoms with Crippen molar-refractivity contribution in [2.24, 2.45) is 0 Å². The Morgan fingerprint density at radius 3 is 2.93 bits per heavy atom. The van der Waals surface area contributed by atoms with Crippen LogP contribution >= 0.6 is 0 Å². The van der Waals surface area contributed by atoms with Crippen molar-refractivity contribution in [2.75, 3.05) is 6.61 Å². The van der Waals surface area contributed by atoms with E-state index < -0.39 is 5.97 Å². The second-order valence-electron chi connectivity index (χ2n) is 2.81. The Labute approximate surface area is 81.9 Å². The molecule has 0 atom stereocenters. The minimum atomic E-state index is -0.522. The second kappa shape index (κ2) is 5.21. The molecule has 0 saturated heterocycles. The Hall–Kier alpha value is -1.58. The second-order valence-corrected chi connectivity index (χ2v) is 2.81. The predicted molar refractivity (Wildman–Crippen MR) is 49.3 cm³/mol. The third-order valence-electron chi connectivity index (χ3n) is 1.68. The van der Waals surface area contributed by atoms with Crippen molar-refractivity contribution in [3.05, 3.63) is 23.7 Å². The molecule has 0 saturated carbocycles. The Kier molecular flexibility index (Phi) is 3.91. The number of ether oxygens (including phenoxy) is 1. The highest BCUT2D eigenvalue weighted by molar-refractivity contribution is 5.87. The summed E-state index contributed by atoms with van der Waals surface area (Å²) in [4.78, 5) is 21.5. The van der Waals surface area contributed by atoms with Gasteiger partial charge in [0.05, 0.1) is 6.61 Å². The van der Waals surface area contributed by atoms with Gasteiger partial charge in [0, 0.05) is 0 Å². The number of esters is 1. The summed E-state index contributed by atoms with van der Waals surface area (Å²) < 4.78 is 9.76. The van der Waals surface area contributed by atoms with Crippen molar-refractivity contribution < 1.29 is 18.7 Å². The maximum atomic E-state index is 11.2. The zero-order valence-corrected chi connectivity index (χ0v) is 7.99. The fourth-order valence-electron chi connectivity index (χ4n) is 0.906. The number of hydrogen-bond donors (Lipinski definition) is 0. The van der Waals surface area contributed by atoms with Crippen LogP contribution in [0.15, 0.2) is 16.5 Å². The normalized spacial score (nSPS) is 9.79. The maximum Gasteiger partial charge on any atom is 0.374 e. The van der Waals surface area contributed by atoms with Gasteiger partial charge < -0.3 is 9.15 Å². The molecule has 0 N–H and O–H groups in total. The van der Waals surface area contributed by atoms with Crippen molar-refractivity contribution in [3.8, 4) is 0 Å². The smallest absolute Gasteiger partial charge is 0.374 e. The number of furan rings is 1. The molecule has 0 radical (unpaired) electrons. The van der Waals surface area contributed by atoms with Crippen LogP contribution in [0, 0.1) is 0 Å². The zero-order valence-electron chi connectivity index (χ0n) is 7.99. The quantitative estimate of drug-likeness (QED) is 0.411. The number of carbonyl (C=O) groups is 2. The molecule has 1 rings (SSSR count). The van der Waals surface area contributed by atoms with Crippen LogP contribution in [-0.4, -0.2) is 18.9 Å². The van der Waals surface area contributed by atoms with Gasteiger partial charge in [0.1, 0.15) is 0 Å². The highest BCUT2D eigenvalue weighted by atomic mass is 16.5. The third-order valence-corrected chi connectivity index (χ3v) is 1.68. The van der Waals surface area contributed by atoms with Gasteiger partial charge in [0.2, 0.25) is 5.76 Å². The van der Waals surface area contributed by atoms with Crippen molar-refractivity contribution in [1.29, 1.82) is 0 Å². The summed E-state index contributed by atoms with van der Waals surface area (Å²) in [6, 6.07) is 2.86. The molecule has 4 heteroatoms. The van der Waals surface area contributed by atoms with Gasteiger partial charge in [-0.15, -0.1) is 0 Å². The topological polar surface area (TPSA) is 56.5 Å². The van der Waals surface area contributed by atoms with Gasteiger partial charge in [-0.1, -0.05) is 13.3 Å². The molecule has 0 fully saturated rings. The maximum absolute atomic E-state index is 11.2. The highest BCUT2D eigenvalue weighted by Crippen LogP contribution is 2.07. The standard InChI is InChI=1S/C10H12O4/c1-2-3-6-13-10(12)9-5-4-8(7-11)14-9/h4-5,7H,2-3,6H2,1H3. The van der Waals surface area contributed by atoms with Crippen LogP contribution in [0.3, 0.4) is 0 Å². The fraction of sp³-hybridized carbons (Fsp3) is 0.400. The first-order valence-corrected chi connectivity index (χ1v) is 4.50. The van der Waals surface area contributed by atoms with Gasteiger partial charge in [-0.3, -0.25) is 4.79 Å². The Bertz CT molecular complexity index is 314. The lowest BCUT2D eigenvalue weighted by Gasteiger charge is -1.99. The van der Waals surface area contributed by atoms with E-state index in [0.29, 0.717) is 12.9 Å². The van der Waals surface area contributed by atoms with Crippen LogP contribution in [0.4, 0.5) is 0 Å². The molecular weight excluding hydrogens is 184 g/mol. The van der Waals surface area contributed by atoms with E-state index in [1.165, 1.54) is 12.1 Å². The molecule has 76 valence electrons. The average Bonchev–Trinajstić information content (AvgIpc) is 2.66. The summed E-state index contributed by atoms with van der Waals surface area (Å²) in [6.45, 7) is 2.39. The molecule has 4 nitrogen and oxygen atoms in total. The fourth-order valence-corrected chi connectivity index (χ4v) is 0.906. The number of hydrogen-bond acceptors (Lipinski definition) is 4. The lowest BCUT2D eigenvalue weighted by Crippen LogP contribution is -2.04. The Morgan fingerprint density at radius 1 is 1.57 bits per heavy atom. The molecule has 0 aliphatic heterocycles. The lowest BCUT2D eigenvalue weighted by molar-refractivity contribution is 0.0462. The Balaban J connectivity index is 2.47. The number of aldehydes is 1. The molecule has 0 aliphatic rings. The molecule has 1 heterocycles. The lowest BCUT2D eigenvalue weighted by atomic mass is 10.4. The molecule has 0 aliphatic carbocycles. The van der Waals surface area contributed by atoms with Crippen LogP contribution in [-0.2, 0) is 4.74 Å². The van der Waals surface area contributed by atoms with E-state index in [1.807, 2.05) is 6.92 Å². The summed E-state index contributed by atoms with van der Waals surface area (Å²) in [5.74, 6) is -0.317. The van der Waals surface area contributed by atoms with Crippen molar-refractivity contribution >= 4 is 12.3 Å². The van der Waals surface area contributed by atoms with Crippen LogP contribution in [0.25, 0.3) is 0 Å². The minimum Gasteiger partial charge on any atom is -0.460 e. The summed E-state index contributed by atoms with van der Waals surface area (Å²) in [5.41, 5.74) is 0.